The number of hydrogen-bond acceptors (Lipinski definition) is 4. The smallest absolute Gasteiger partial charge is 0.251 e. The average Bonchev–Trinajstić information content (AvgIpc) is 2.78. The van der Waals surface area contributed by atoms with Crippen molar-refractivity contribution in [1.82, 2.24) is 10.6 Å². The van der Waals surface area contributed by atoms with E-state index in [9.17, 15) is 14.4 Å². The third-order valence-electron chi connectivity index (χ3n) is 5.35. The largest absolute Gasteiger partial charge is 0.376 e. The van der Waals surface area contributed by atoms with Crippen LogP contribution in [0.5, 0.6) is 0 Å². The fourth-order valence-corrected chi connectivity index (χ4v) is 3.76. The van der Waals surface area contributed by atoms with Crippen LogP contribution >= 0.6 is 0 Å². The van der Waals surface area contributed by atoms with Crippen molar-refractivity contribution in [3.05, 3.63) is 59.7 Å². The van der Waals surface area contributed by atoms with Gasteiger partial charge in [-0.25, -0.2) is 0 Å². The standard InChI is InChI=1S/C25H32N4O3/c1-17(2)27-24(31)19-9-7-13-22(15-19)28-23(30)16-26-21-12-6-8-18(14-21)25(32)29-20-10-4-3-5-11-20/h6-9,12-15,17,20,26H,3-5,10-11,16H2,1-2H3,(H,27,31)(H,28,30)(H,29,32). The second-order valence-electron chi connectivity index (χ2n) is 8.50. The molecule has 0 unspecified atom stereocenters. The molecule has 1 aliphatic rings. The Balaban J connectivity index is 1.52. The first kappa shape index (κ1) is 23.3. The maximum atomic E-state index is 12.5. The molecule has 1 fully saturated rings. The first-order valence-electron chi connectivity index (χ1n) is 11.3. The molecule has 0 aromatic heterocycles. The van der Waals surface area contributed by atoms with Crippen molar-refractivity contribution >= 4 is 29.1 Å². The fourth-order valence-electron chi connectivity index (χ4n) is 3.76. The number of carbonyl (C=O) groups is 3. The average molecular weight is 437 g/mol. The van der Waals surface area contributed by atoms with E-state index in [1.165, 1.54) is 6.42 Å². The fraction of sp³-hybridized carbons (Fsp3) is 0.400. The summed E-state index contributed by atoms with van der Waals surface area (Å²) >= 11 is 0. The molecule has 7 nitrogen and oxygen atoms in total. The Hall–Kier alpha value is -3.35. The minimum Gasteiger partial charge on any atom is -0.376 e. The van der Waals surface area contributed by atoms with E-state index in [0.717, 1.165) is 25.7 Å². The van der Waals surface area contributed by atoms with Gasteiger partial charge in [0, 0.05) is 34.6 Å². The van der Waals surface area contributed by atoms with E-state index in [1.54, 1.807) is 42.5 Å². The summed E-state index contributed by atoms with van der Waals surface area (Å²) in [6.07, 6.45) is 5.62. The third kappa shape index (κ3) is 7.11. The van der Waals surface area contributed by atoms with E-state index in [-0.39, 0.29) is 36.3 Å². The van der Waals surface area contributed by atoms with E-state index in [0.29, 0.717) is 22.5 Å². The molecule has 7 heteroatoms. The minimum atomic E-state index is -0.247. The Morgan fingerprint density at radius 3 is 2.19 bits per heavy atom. The Labute approximate surface area is 189 Å². The van der Waals surface area contributed by atoms with Gasteiger partial charge in [0.25, 0.3) is 11.8 Å². The summed E-state index contributed by atoms with van der Waals surface area (Å²) in [5, 5.41) is 11.8. The lowest BCUT2D eigenvalue weighted by Crippen LogP contribution is -2.36. The van der Waals surface area contributed by atoms with Crippen LogP contribution in [0, 0.1) is 0 Å². The van der Waals surface area contributed by atoms with Crippen LogP contribution in [0.25, 0.3) is 0 Å². The van der Waals surface area contributed by atoms with Gasteiger partial charge in [0.05, 0.1) is 6.54 Å². The maximum Gasteiger partial charge on any atom is 0.251 e. The van der Waals surface area contributed by atoms with Gasteiger partial charge >= 0.3 is 0 Å². The normalized spacial score (nSPS) is 14.0. The number of nitrogens with one attached hydrogen (secondary N) is 4. The van der Waals surface area contributed by atoms with Crippen molar-refractivity contribution in [3.63, 3.8) is 0 Å². The van der Waals surface area contributed by atoms with Crippen molar-refractivity contribution in [3.8, 4) is 0 Å². The summed E-state index contributed by atoms with van der Waals surface area (Å²) in [5.74, 6) is -0.512. The Morgan fingerprint density at radius 1 is 0.875 bits per heavy atom. The first-order chi connectivity index (χ1) is 15.4. The number of rotatable bonds is 8. The summed E-state index contributed by atoms with van der Waals surface area (Å²) < 4.78 is 0. The lowest BCUT2D eigenvalue weighted by atomic mass is 9.95. The molecule has 4 N–H and O–H groups in total. The lowest BCUT2D eigenvalue weighted by molar-refractivity contribution is -0.114. The van der Waals surface area contributed by atoms with Crippen LogP contribution in [0.2, 0.25) is 0 Å². The molecule has 0 spiro atoms. The van der Waals surface area contributed by atoms with Crippen LogP contribution in [-0.4, -0.2) is 36.3 Å². The highest BCUT2D eigenvalue weighted by atomic mass is 16.2. The molecule has 0 atom stereocenters. The highest BCUT2D eigenvalue weighted by Crippen LogP contribution is 2.18. The molecular weight excluding hydrogens is 404 g/mol. The molecule has 32 heavy (non-hydrogen) atoms. The van der Waals surface area contributed by atoms with E-state index < -0.39 is 0 Å². The Morgan fingerprint density at radius 2 is 1.50 bits per heavy atom. The molecule has 0 heterocycles. The van der Waals surface area contributed by atoms with Crippen molar-refractivity contribution in [1.29, 1.82) is 0 Å². The molecule has 1 aliphatic carbocycles. The summed E-state index contributed by atoms with van der Waals surface area (Å²) in [6, 6.07) is 14.2. The van der Waals surface area contributed by atoms with Gasteiger partial charge < -0.3 is 21.3 Å². The number of benzene rings is 2. The Bertz CT molecular complexity index is 952. The quantitative estimate of drug-likeness (QED) is 0.504. The molecule has 170 valence electrons. The van der Waals surface area contributed by atoms with E-state index in [4.69, 9.17) is 0 Å². The van der Waals surface area contributed by atoms with Gasteiger partial charge in [0.15, 0.2) is 0 Å². The molecule has 2 aromatic rings. The van der Waals surface area contributed by atoms with Gasteiger partial charge in [0.1, 0.15) is 0 Å². The second kappa shape index (κ2) is 11.3. The van der Waals surface area contributed by atoms with E-state index in [1.807, 2.05) is 19.9 Å². The minimum absolute atomic E-state index is 0.0328. The van der Waals surface area contributed by atoms with E-state index in [2.05, 4.69) is 21.3 Å². The molecular formula is C25H32N4O3. The lowest BCUT2D eigenvalue weighted by Gasteiger charge is -2.22. The molecule has 0 saturated heterocycles. The zero-order chi connectivity index (χ0) is 22.9. The highest BCUT2D eigenvalue weighted by molar-refractivity contribution is 5.98. The zero-order valence-electron chi connectivity index (χ0n) is 18.7. The van der Waals surface area contributed by atoms with Gasteiger partial charge in [-0.1, -0.05) is 31.4 Å². The summed E-state index contributed by atoms with van der Waals surface area (Å²) in [7, 11) is 0. The number of hydrogen-bond donors (Lipinski definition) is 4. The zero-order valence-corrected chi connectivity index (χ0v) is 18.7. The van der Waals surface area contributed by atoms with Crippen LogP contribution in [0.3, 0.4) is 0 Å². The van der Waals surface area contributed by atoms with Crippen LogP contribution in [0.4, 0.5) is 11.4 Å². The topological polar surface area (TPSA) is 99.3 Å². The van der Waals surface area contributed by atoms with Crippen molar-refractivity contribution in [2.45, 2.75) is 58.0 Å². The summed E-state index contributed by atoms with van der Waals surface area (Å²) in [5.41, 5.74) is 2.31. The predicted molar refractivity (Wildman–Crippen MR) is 127 cm³/mol. The number of amides is 3. The molecule has 3 amide bonds. The van der Waals surface area contributed by atoms with E-state index >= 15 is 0 Å². The van der Waals surface area contributed by atoms with Gasteiger partial charge in [-0.3, -0.25) is 14.4 Å². The number of anilines is 2. The van der Waals surface area contributed by atoms with Gasteiger partial charge in [-0.15, -0.1) is 0 Å². The van der Waals surface area contributed by atoms with Crippen LogP contribution < -0.4 is 21.3 Å². The monoisotopic (exact) mass is 436 g/mol. The summed E-state index contributed by atoms with van der Waals surface area (Å²) in [6.45, 7) is 3.82. The first-order valence-corrected chi connectivity index (χ1v) is 11.3. The van der Waals surface area contributed by atoms with Crippen LogP contribution in [0.15, 0.2) is 48.5 Å². The summed E-state index contributed by atoms with van der Waals surface area (Å²) in [4.78, 5) is 37.1. The SMILES string of the molecule is CC(C)NC(=O)c1cccc(NC(=O)CNc2cccc(C(=O)NC3CCCCC3)c2)c1. The Kier molecular flexibility index (Phi) is 8.25. The van der Waals surface area contributed by atoms with Crippen molar-refractivity contribution < 1.29 is 14.4 Å². The van der Waals surface area contributed by atoms with Crippen molar-refractivity contribution in [2.75, 3.05) is 17.2 Å². The second-order valence-corrected chi connectivity index (χ2v) is 8.50. The third-order valence-corrected chi connectivity index (χ3v) is 5.35. The highest BCUT2D eigenvalue weighted by Gasteiger charge is 2.17. The predicted octanol–water partition coefficient (Wildman–Crippen LogP) is 3.94. The molecule has 3 rings (SSSR count). The van der Waals surface area contributed by atoms with Gasteiger partial charge in [0.2, 0.25) is 5.91 Å². The molecule has 0 radical (unpaired) electrons. The maximum absolute atomic E-state index is 12.5. The van der Waals surface area contributed by atoms with Crippen molar-refractivity contribution in [2.24, 2.45) is 0 Å². The molecule has 0 bridgehead atoms. The van der Waals surface area contributed by atoms with Gasteiger partial charge in [-0.05, 0) is 63.1 Å². The molecule has 2 aromatic carbocycles. The van der Waals surface area contributed by atoms with Gasteiger partial charge in [-0.2, -0.15) is 0 Å². The van der Waals surface area contributed by atoms with Crippen LogP contribution in [-0.2, 0) is 4.79 Å². The molecule has 1 saturated carbocycles. The van der Waals surface area contributed by atoms with Crippen LogP contribution in [0.1, 0.15) is 66.7 Å². The molecule has 0 aliphatic heterocycles. The number of carbonyl (C=O) groups excluding carboxylic acids is 3.